The van der Waals surface area contributed by atoms with E-state index < -0.39 is 0 Å². The van der Waals surface area contributed by atoms with Crippen LogP contribution in [0.25, 0.3) is 10.9 Å². The van der Waals surface area contributed by atoms with Crippen molar-refractivity contribution >= 4 is 38.6 Å². The van der Waals surface area contributed by atoms with Gasteiger partial charge in [0.25, 0.3) is 5.56 Å². The summed E-state index contributed by atoms with van der Waals surface area (Å²) in [7, 11) is 0. The molecule has 0 spiro atoms. The number of anilines is 1. The maximum Gasteiger partial charge on any atom is 0.414 e. The first-order chi connectivity index (χ1) is 16.1. The molecule has 2 aliphatic heterocycles. The minimum absolute atomic E-state index is 0.0135. The molecule has 33 heavy (non-hydrogen) atoms. The summed E-state index contributed by atoms with van der Waals surface area (Å²) < 4.78 is 19.4. The van der Waals surface area contributed by atoms with E-state index in [9.17, 15) is 9.59 Å². The SMILES string of the molecule is O=C1OC(CNCCCn2c(=O)ccc3ccc(Br)cc32)CN1c1ccc2c(c1)OCCO2. The third-order valence-corrected chi connectivity index (χ3v) is 6.27. The quantitative estimate of drug-likeness (QED) is 0.486. The number of carbonyl (C=O) groups is 1. The predicted octanol–water partition coefficient (Wildman–Crippen LogP) is 3.54. The lowest BCUT2D eigenvalue weighted by Gasteiger charge is -2.21. The summed E-state index contributed by atoms with van der Waals surface area (Å²) in [6.07, 6.45) is 0.159. The number of halogens is 1. The number of aromatic nitrogens is 1. The molecule has 1 amide bonds. The summed E-state index contributed by atoms with van der Waals surface area (Å²) >= 11 is 3.48. The maximum absolute atomic E-state index is 12.4. The fourth-order valence-corrected chi connectivity index (χ4v) is 4.50. The number of amides is 1. The first-order valence-corrected chi connectivity index (χ1v) is 11.8. The van der Waals surface area contributed by atoms with Gasteiger partial charge in [0.15, 0.2) is 11.5 Å². The average molecular weight is 514 g/mol. The summed E-state index contributed by atoms with van der Waals surface area (Å²) in [5, 5.41) is 4.38. The first-order valence-electron chi connectivity index (χ1n) is 11.0. The highest BCUT2D eigenvalue weighted by Crippen LogP contribution is 2.35. The largest absolute Gasteiger partial charge is 0.486 e. The number of hydrogen-bond acceptors (Lipinski definition) is 6. The van der Waals surface area contributed by atoms with Crippen LogP contribution in [0.3, 0.4) is 0 Å². The van der Waals surface area contributed by atoms with E-state index >= 15 is 0 Å². The second-order valence-electron chi connectivity index (χ2n) is 8.03. The van der Waals surface area contributed by atoms with Gasteiger partial charge in [0.2, 0.25) is 0 Å². The van der Waals surface area contributed by atoms with Gasteiger partial charge in [-0.1, -0.05) is 22.0 Å². The second kappa shape index (κ2) is 9.44. The van der Waals surface area contributed by atoms with E-state index in [-0.39, 0.29) is 17.8 Å². The Bertz CT molecular complexity index is 1240. The van der Waals surface area contributed by atoms with E-state index in [2.05, 4.69) is 21.2 Å². The van der Waals surface area contributed by atoms with Crippen molar-refractivity contribution in [3.8, 4) is 11.5 Å². The number of ether oxygens (including phenoxy) is 3. The van der Waals surface area contributed by atoms with E-state index in [1.54, 1.807) is 15.5 Å². The van der Waals surface area contributed by atoms with Crippen LogP contribution in [0.2, 0.25) is 0 Å². The first kappa shape index (κ1) is 21.8. The monoisotopic (exact) mass is 513 g/mol. The molecule has 8 nitrogen and oxygen atoms in total. The van der Waals surface area contributed by atoms with Crippen LogP contribution in [-0.4, -0.2) is 49.6 Å². The molecular formula is C24H24BrN3O5. The Morgan fingerprint density at radius 2 is 1.82 bits per heavy atom. The van der Waals surface area contributed by atoms with Crippen molar-refractivity contribution in [1.82, 2.24) is 9.88 Å². The van der Waals surface area contributed by atoms with Gasteiger partial charge in [0.1, 0.15) is 19.3 Å². The zero-order chi connectivity index (χ0) is 22.8. The van der Waals surface area contributed by atoms with Crippen molar-refractivity contribution in [2.75, 3.05) is 37.7 Å². The molecule has 0 saturated carbocycles. The lowest BCUT2D eigenvalue weighted by molar-refractivity contribution is 0.140. The van der Waals surface area contributed by atoms with Crippen LogP contribution in [0, 0.1) is 0 Å². The number of rotatable bonds is 7. The summed E-state index contributed by atoms with van der Waals surface area (Å²) in [6, 6.07) is 14.8. The normalized spacial score (nSPS) is 17.4. The summed E-state index contributed by atoms with van der Waals surface area (Å²) in [4.78, 5) is 26.3. The Labute approximate surface area is 199 Å². The van der Waals surface area contributed by atoms with Gasteiger partial charge in [0, 0.05) is 29.7 Å². The molecule has 9 heteroatoms. The molecule has 0 bridgehead atoms. The molecule has 0 aliphatic carbocycles. The smallest absolute Gasteiger partial charge is 0.414 e. The van der Waals surface area contributed by atoms with Crippen LogP contribution in [-0.2, 0) is 11.3 Å². The van der Waals surface area contributed by atoms with E-state index in [0.717, 1.165) is 27.5 Å². The summed E-state index contributed by atoms with van der Waals surface area (Å²) in [6.45, 7) is 3.33. The van der Waals surface area contributed by atoms with Crippen LogP contribution in [0.15, 0.2) is 57.8 Å². The third-order valence-electron chi connectivity index (χ3n) is 5.77. The van der Waals surface area contributed by atoms with Crippen molar-refractivity contribution in [3.05, 3.63) is 63.4 Å². The van der Waals surface area contributed by atoms with Crippen molar-refractivity contribution in [2.45, 2.75) is 19.1 Å². The Morgan fingerprint density at radius 3 is 2.70 bits per heavy atom. The zero-order valence-corrected chi connectivity index (χ0v) is 19.5. The number of hydrogen-bond donors (Lipinski definition) is 1. The van der Waals surface area contributed by atoms with E-state index in [1.165, 1.54) is 0 Å². The molecule has 1 unspecified atom stereocenters. The van der Waals surface area contributed by atoms with Crippen LogP contribution < -0.4 is 25.2 Å². The van der Waals surface area contributed by atoms with Gasteiger partial charge < -0.3 is 24.1 Å². The number of nitrogens with one attached hydrogen (secondary N) is 1. The number of fused-ring (bicyclic) bond motifs is 2. The lowest BCUT2D eigenvalue weighted by Crippen LogP contribution is -2.32. The Balaban J connectivity index is 1.13. The van der Waals surface area contributed by atoms with Gasteiger partial charge in [0.05, 0.1) is 17.7 Å². The third kappa shape index (κ3) is 4.69. The van der Waals surface area contributed by atoms with Crippen LogP contribution in [0.1, 0.15) is 6.42 Å². The Morgan fingerprint density at radius 1 is 1.00 bits per heavy atom. The van der Waals surface area contributed by atoms with E-state index in [0.29, 0.717) is 50.9 Å². The van der Waals surface area contributed by atoms with Gasteiger partial charge in [-0.3, -0.25) is 9.69 Å². The predicted molar refractivity (Wildman–Crippen MR) is 128 cm³/mol. The standard InChI is InChI=1S/C24H24BrN3O5/c25-17-4-2-16-3-7-23(29)27(20(16)12-17)9-1-8-26-14-19-15-28(24(30)33-19)18-5-6-21-22(13-18)32-11-10-31-21/h2-7,12-13,19,26H,1,8-11,14-15H2. The number of cyclic esters (lactones) is 1. The zero-order valence-electron chi connectivity index (χ0n) is 18.0. The summed E-state index contributed by atoms with van der Waals surface area (Å²) in [5.41, 5.74) is 1.63. The number of carbonyl (C=O) groups excluding carboxylic acids is 1. The average Bonchev–Trinajstić information content (AvgIpc) is 3.20. The molecule has 1 fully saturated rings. The minimum atomic E-state index is -0.369. The van der Waals surface area contributed by atoms with Crippen molar-refractivity contribution < 1.29 is 19.0 Å². The van der Waals surface area contributed by atoms with Crippen molar-refractivity contribution in [1.29, 1.82) is 0 Å². The molecule has 3 aromatic rings. The Kier molecular flexibility index (Phi) is 6.24. The topological polar surface area (TPSA) is 82.0 Å². The fourth-order valence-electron chi connectivity index (χ4n) is 4.16. The molecule has 5 rings (SSSR count). The molecular weight excluding hydrogens is 490 g/mol. The molecule has 1 saturated heterocycles. The molecule has 1 aromatic heterocycles. The maximum atomic E-state index is 12.4. The van der Waals surface area contributed by atoms with Crippen molar-refractivity contribution in [2.24, 2.45) is 0 Å². The molecule has 1 atom stereocenters. The second-order valence-corrected chi connectivity index (χ2v) is 8.94. The number of aryl methyl sites for hydroxylation is 1. The lowest BCUT2D eigenvalue weighted by atomic mass is 10.2. The van der Waals surface area contributed by atoms with Gasteiger partial charge in [-0.05, 0) is 48.7 Å². The number of benzene rings is 2. The van der Waals surface area contributed by atoms with Crippen LogP contribution >= 0.6 is 15.9 Å². The van der Waals surface area contributed by atoms with Gasteiger partial charge >= 0.3 is 6.09 Å². The molecule has 0 radical (unpaired) electrons. The molecule has 1 N–H and O–H groups in total. The van der Waals surface area contributed by atoms with E-state index in [1.807, 2.05) is 42.5 Å². The number of pyridine rings is 1. The summed E-state index contributed by atoms with van der Waals surface area (Å²) in [5.74, 6) is 1.33. The highest BCUT2D eigenvalue weighted by Gasteiger charge is 2.32. The number of nitrogens with zero attached hydrogens (tertiary/aromatic N) is 2. The van der Waals surface area contributed by atoms with Crippen LogP contribution in [0.4, 0.5) is 10.5 Å². The van der Waals surface area contributed by atoms with Gasteiger partial charge in [-0.15, -0.1) is 0 Å². The molecule has 3 heterocycles. The van der Waals surface area contributed by atoms with Gasteiger partial charge in [-0.2, -0.15) is 0 Å². The minimum Gasteiger partial charge on any atom is -0.486 e. The Hall–Kier alpha value is -3.04. The van der Waals surface area contributed by atoms with E-state index in [4.69, 9.17) is 14.2 Å². The van der Waals surface area contributed by atoms with Crippen LogP contribution in [0.5, 0.6) is 11.5 Å². The highest BCUT2D eigenvalue weighted by molar-refractivity contribution is 9.10. The molecule has 172 valence electrons. The fraction of sp³-hybridized carbons (Fsp3) is 0.333. The van der Waals surface area contributed by atoms with Crippen molar-refractivity contribution in [3.63, 3.8) is 0 Å². The van der Waals surface area contributed by atoms with Gasteiger partial charge in [-0.25, -0.2) is 4.79 Å². The molecule has 2 aromatic carbocycles. The molecule has 2 aliphatic rings. The highest BCUT2D eigenvalue weighted by atomic mass is 79.9.